The average Bonchev–Trinajstić information content (AvgIpc) is 3.11. The SMILES string of the molecule is CN(CC1CC1)C(=O)c1cc(S(=O)(=O)Cl)ccc1Cl. The number of amides is 1. The molecular formula is C12H13Cl2NO3S. The summed E-state index contributed by atoms with van der Waals surface area (Å²) in [6.45, 7) is 0.660. The maximum absolute atomic E-state index is 12.2. The molecule has 0 radical (unpaired) electrons. The van der Waals surface area contributed by atoms with Crippen LogP contribution in [0.3, 0.4) is 0 Å². The molecule has 0 N–H and O–H groups in total. The number of hydrogen-bond donors (Lipinski definition) is 0. The summed E-state index contributed by atoms with van der Waals surface area (Å²) in [5, 5.41) is 0.219. The molecule has 0 bridgehead atoms. The molecule has 1 aliphatic carbocycles. The zero-order chi connectivity index (χ0) is 14.2. The van der Waals surface area contributed by atoms with Crippen molar-refractivity contribution in [2.75, 3.05) is 13.6 Å². The Labute approximate surface area is 121 Å². The van der Waals surface area contributed by atoms with E-state index in [0.29, 0.717) is 12.5 Å². The van der Waals surface area contributed by atoms with E-state index >= 15 is 0 Å². The fourth-order valence-corrected chi connectivity index (χ4v) is 2.77. The lowest BCUT2D eigenvalue weighted by molar-refractivity contribution is 0.0788. The van der Waals surface area contributed by atoms with Gasteiger partial charge in [0.1, 0.15) is 0 Å². The second-order valence-electron chi connectivity index (χ2n) is 4.71. The van der Waals surface area contributed by atoms with E-state index in [-0.39, 0.29) is 21.4 Å². The van der Waals surface area contributed by atoms with Crippen molar-refractivity contribution in [3.8, 4) is 0 Å². The first-order valence-corrected chi connectivity index (χ1v) is 8.47. The highest BCUT2D eigenvalue weighted by Crippen LogP contribution is 2.30. The standard InChI is InChI=1S/C12H13Cl2NO3S/c1-15(7-8-2-3-8)12(16)10-6-9(19(14,17)18)4-5-11(10)13/h4-6,8H,2-3,7H2,1H3. The Morgan fingerprint density at radius 1 is 1.42 bits per heavy atom. The van der Waals surface area contributed by atoms with Gasteiger partial charge in [-0.2, -0.15) is 0 Å². The van der Waals surface area contributed by atoms with E-state index in [9.17, 15) is 13.2 Å². The van der Waals surface area contributed by atoms with Gasteiger partial charge in [-0.05, 0) is 37.0 Å². The minimum Gasteiger partial charge on any atom is -0.341 e. The summed E-state index contributed by atoms with van der Waals surface area (Å²) in [6, 6.07) is 3.87. The van der Waals surface area contributed by atoms with Gasteiger partial charge < -0.3 is 4.90 Å². The molecule has 0 atom stereocenters. The lowest BCUT2D eigenvalue weighted by atomic mass is 10.2. The molecule has 1 amide bonds. The summed E-state index contributed by atoms with van der Waals surface area (Å²) < 4.78 is 22.5. The monoisotopic (exact) mass is 321 g/mol. The van der Waals surface area contributed by atoms with Gasteiger partial charge in [0.2, 0.25) is 0 Å². The van der Waals surface area contributed by atoms with Gasteiger partial charge in [-0.25, -0.2) is 8.42 Å². The molecule has 0 heterocycles. The summed E-state index contributed by atoms with van der Waals surface area (Å²) >= 11 is 5.95. The zero-order valence-electron chi connectivity index (χ0n) is 10.3. The molecule has 104 valence electrons. The van der Waals surface area contributed by atoms with Gasteiger partial charge in [0, 0.05) is 24.3 Å². The molecule has 1 aromatic rings. The third kappa shape index (κ3) is 3.61. The van der Waals surface area contributed by atoms with Crippen LogP contribution >= 0.6 is 22.3 Å². The van der Waals surface area contributed by atoms with Crippen molar-refractivity contribution in [2.45, 2.75) is 17.7 Å². The van der Waals surface area contributed by atoms with Crippen molar-refractivity contribution >= 4 is 37.2 Å². The van der Waals surface area contributed by atoms with Crippen LogP contribution in [0, 0.1) is 5.92 Å². The maximum atomic E-state index is 12.2. The number of rotatable bonds is 4. The Hall–Kier alpha value is -0.780. The van der Waals surface area contributed by atoms with Gasteiger partial charge >= 0.3 is 0 Å². The van der Waals surface area contributed by atoms with Crippen LogP contribution in [0.1, 0.15) is 23.2 Å². The highest BCUT2D eigenvalue weighted by atomic mass is 35.7. The lowest BCUT2D eigenvalue weighted by Gasteiger charge is -2.17. The Morgan fingerprint density at radius 3 is 2.58 bits per heavy atom. The zero-order valence-corrected chi connectivity index (χ0v) is 12.6. The molecule has 1 aromatic carbocycles. The van der Waals surface area contributed by atoms with E-state index < -0.39 is 9.05 Å². The maximum Gasteiger partial charge on any atom is 0.261 e. The van der Waals surface area contributed by atoms with Crippen molar-refractivity contribution in [3.05, 3.63) is 28.8 Å². The van der Waals surface area contributed by atoms with Crippen molar-refractivity contribution in [3.63, 3.8) is 0 Å². The van der Waals surface area contributed by atoms with Crippen LogP contribution in [0.25, 0.3) is 0 Å². The molecular weight excluding hydrogens is 309 g/mol. The van der Waals surface area contributed by atoms with Gasteiger partial charge in [-0.3, -0.25) is 4.79 Å². The molecule has 1 saturated carbocycles. The first kappa shape index (κ1) is 14.6. The van der Waals surface area contributed by atoms with Crippen LogP contribution in [0.4, 0.5) is 0 Å². The number of nitrogens with zero attached hydrogens (tertiary/aromatic N) is 1. The summed E-state index contributed by atoms with van der Waals surface area (Å²) in [7, 11) is 3.08. The highest BCUT2D eigenvalue weighted by molar-refractivity contribution is 8.13. The Bertz CT molecular complexity index is 611. The molecule has 0 aliphatic heterocycles. The van der Waals surface area contributed by atoms with Crippen molar-refractivity contribution in [2.24, 2.45) is 5.92 Å². The minimum atomic E-state index is -3.87. The predicted molar refractivity (Wildman–Crippen MR) is 74.2 cm³/mol. The second-order valence-corrected chi connectivity index (χ2v) is 7.68. The quantitative estimate of drug-likeness (QED) is 0.801. The normalized spacial score (nSPS) is 15.3. The smallest absolute Gasteiger partial charge is 0.261 e. The second kappa shape index (κ2) is 5.31. The van der Waals surface area contributed by atoms with Crippen LogP contribution in [0.2, 0.25) is 5.02 Å². The van der Waals surface area contributed by atoms with Crippen LogP contribution in [-0.2, 0) is 9.05 Å². The summed E-state index contributed by atoms with van der Waals surface area (Å²) in [6.07, 6.45) is 2.25. The number of benzene rings is 1. The fourth-order valence-electron chi connectivity index (χ4n) is 1.80. The molecule has 0 saturated heterocycles. The summed E-state index contributed by atoms with van der Waals surface area (Å²) in [4.78, 5) is 13.6. The molecule has 0 aromatic heterocycles. The molecule has 1 aliphatic rings. The number of carbonyl (C=O) groups excluding carboxylic acids is 1. The lowest BCUT2D eigenvalue weighted by Crippen LogP contribution is -2.29. The third-order valence-corrected chi connectivity index (χ3v) is 4.71. The van der Waals surface area contributed by atoms with Gasteiger partial charge in [0.15, 0.2) is 0 Å². The predicted octanol–water partition coefficient (Wildman–Crippen LogP) is 2.75. The van der Waals surface area contributed by atoms with Crippen LogP contribution < -0.4 is 0 Å². The number of carbonyl (C=O) groups is 1. The first-order valence-electron chi connectivity index (χ1n) is 5.78. The number of hydrogen-bond acceptors (Lipinski definition) is 3. The van der Waals surface area contributed by atoms with Crippen LogP contribution in [0.15, 0.2) is 23.1 Å². The minimum absolute atomic E-state index is 0.123. The van der Waals surface area contributed by atoms with Gasteiger partial charge in [0.25, 0.3) is 15.0 Å². The largest absolute Gasteiger partial charge is 0.341 e. The molecule has 7 heteroatoms. The third-order valence-electron chi connectivity index (χ3n) is 3.03. The Kier molecular flexibility index (Phi) is 4.08. The van der Waals surface area contributed by atoms with E-state index in [2.05, 4.69) is 0 Å². The highest BCUT2D eigenvalue weighted by Gasteiger charge is 2.26. The Balaban J connectivity index is 2.29. The van der Waals surface area contributed by atoms with Crippen LogP contribution in [-0.4, -0.2) is 32.8 Å². The van der Waals surface area contributed by atoms with E-state index in [1.807, 2.05) is 0 Å². The van der Waals surface area contributed by atoms with Gasteiger partial charge in [-0.15, -0.1) is 0 Å². The van der Waals surface area contributed by atoms with Crippen molar-refractivity contribution in [1.82, 2.24) is 4.90 Å². The Morgan fingerprint density at radius 2 is 2.05 bits per heavy atom. The van der Waals surface area contributed by atoms with Crippen molar-refractivity contribution in [1.29, 1.82) is 0 Å². The first-order chi connectivity index (χ1) is 8.79. The molecule has 0 unspecified atom stereocenters. The topological polar surface area (TPSA) is 54.5 Å². The van der Waals surface area contributed by atoms with E-state index in [0.717, 1.165) is 12.8 Å². The van der Waals surface area contributed by atoms with Crippen LogP contribution in [0.5, 0.6) is 0 Å². The molecule has 4 nitrogen and oxygen atoms in total. The molecule has 2 rings (SSSR count). The van der Waals surface area contributed by atoms with Gasteiger partial charge in [-0.1, -0.05) is 11.6 Å². The van der Waals surface area contributed by atoms with E-state index in [1.54, 1.807) is 11.9 Å². The van der Waals surface area contributed by atoms with E-state index in [1.165, 1.54) is 18.2 Å². The average molecular weight is 322 g/mol. The summed E-state index contributed by atoms with van der Waals surface area (Å²) in [5.41, 5.74) is 0.159. The fraction of sp³-hybridized carbons (Fsp3) is 0.417. The molecule has 1 fully saturated rings. The van der Waals surface area contributed by atoms with Gasteiger partial charge in [0.05, 0.1) is 15.5 Å². The number of halogens is 2. The molecule has 0 spiro atoms. The van der Waals surface area contributed by atoms with E-state index in [4.69, 9.17) is 22.3 Å². The summed E-state index contributed by atoms with van der Waals surface area (Å²) in [5.74, 6) is 0.256. The van der Waals surface area contributed by atoms with Crippen molar-refractivity contribution < 1.29 is 13.2 Å². The molecule has 19 heavy (non-hydrogen) atoms.